The zero-order valence-electron chi connectivity index (χ0n) is 15.6. The maximum absolute atomic E-state index is 4.26. The maximum Gasteiger partial charge on any atom is 0.191 e. The first-order chi connectivity index (χ1) is 9.92. The Bertz CT molecular complexity index is 274. The molecular weight excluding hydrogens is 389 g/mol. The Labute approximate surface area is 155 Å². The van der Waals surface area contributed by atoms with Crippen molar-refractivity contribution in [1.29, 1.82) is 0 Å². The summed E-state index contributed by atoms with van der Waals surface area (Å²) in [5.41, 5.74) is 0. The fourth-order valence-electron chi connectivity index (χ4n) is 2.32. The van der Waals surface area contributed by atoms with Crippen molar-refractivity contribution in [3.63, 3.8) is 0 Å². The molecule has 0 saturated heterocycles. The average Bonchev–Trinajstić information content (AvgIpc) is 2.43. The summed E-state index contributed by atoms with van der Waals surface area (Å²) in [6.45, 7) is 16.3. The number of hydrogen-bond donors (Lipinski definition) is 2. The van der Waals surface area contributed by atoms with Gasteiger partial charge < -0.3 is 15.5 Å². The summed E-state index contributed by atoms with van der Waals surface area (Å²) in [6, 6.07) is 1.21. The lowest BCUT2D eigenvalue weighted by Gasteiger charge is -2.30. The number of hydrogen-bond acceptors (Lipinski definition) is 3. The second-order valence-corrected chi connectivity index (χ2v) is 6.10. The number of likely N-dealkylation sites (N-methyl/N-ethyl adjacent to an activating group) is 1. The van der Waals surface area contributed by atoms with Crippen molar-refractivity contribution >= 4 is 29.9 Å². The number of halogens is 1. The van der Waals surface area contributed by atoms with E-state index < -0.39 is 0 Å². The highest BCUT2D eigenvalue weighted by Crippen LogP contribution is 2.05. The summed E-state index contributed by atoms with van der Waals surface area (Å²) >= 11 is 0. The molecule has 0 radical (unpaired) electrons. The lowest BCUT2D eigenvalue weighted by Crippen LogP contribution is -2.43. The normalized spacial score (nSPS) is 12.2. The minimum Gasteiger partial charge on any atom is -0.356 e. The predicted molar refractivity (Wildman–Crippen MR) is 110 cm³/mol. The molecule has 0 aromatic rings. The van der Waals surface area contributed by atoms with Crippen molar-refractivity contribution in [3.05, 3.63) is 0 Å². The summed E-state index contributed by atoms with van der Waals surface area (Å²) in [5.74, 6) is 0.903. The molecule has 0 aliphatic rings. The van der Waals surface area contributed by atoms with Crippen LogP contribution in [0.1, 0.15) is 41.0 Å². The van der Waals surface area contributed by atoms with Gasteiger partial charge in [-0.1, -0.05) is 6.92 Å². The van der Waals surface area contributed by atoms with Gasteiger partial charge in [-0.3, -0.25) is 9.89 Å². The minimum atomic E-state index is 0. The van der Waals surface area contributed by atoms with Crippen molar-refractivity contribution in [2.24, 2.45) is 4.99 Å². The van der Waals surface area contributed by atoms with Gasteiger partial charge in [0.05, 0.1) is 0 Å². The van der Waals surface area contributed by atoms with Crippen molar-refractivity contribution in [2.45, 2.75) is 53.1 Å². The molecule has 22 heavy (non-hydrogen) atoms. The van der Waals surface area contributed by atoms with Crippen LogP contribution in [0, 0.1) is 0 Å². The average molecular weight is 427 g/mol. The van der Waals surface area contributed by atoms with Crippen LogP contribution in [0.2, 0.25) is 0 Å². The highest BCUT2D eigenvalue weighted by molar-refractivity contribution is 14.0. The highest BCUT2D eigenvalue weighted by Gasteiger charge is 2.12. The smallest absolute Gasteiger partial charge is 0.191 e. The van der Waals surface area contributed by atoms with Crippen LogP contribution in [-0.4, -0.2) is 74.7 Å². The second-order valence-electron chi connectivity index (χ2n) is 6.10. The van der Waals surface area contributed by atoms with Crippen LogP contribution < -0.4 is 10.6 Å². The fourth-order valence-corrected chi connectivity index (χ4v) is 2.32. The zero-order chi connectivity index (χ0) is 16.3. The molecule has 0 heterocycles. The van der Waals surface area contributed by atoms with E-state index >= 15 is 0 Å². The standard InChI is InChI=1S/C16H37N5.HI/c1-8-20(7)13-11-19-16(17-6)18-10-9-12-21(14(2)3)15(4)5;/h14-15H,8-13H2,1-7H3,(H2,17,18,19);1H. The van der Waals surface area contributed by atoms with Crippen LogP contribution in [0.25, 0.3) is 0 Å². The summed E-state index contributed by atoms with van der Waals surface area (Å²) in [5, 5.41) is 6.74. The molecule has 0 aliphatic heterocycles. The van der Waals surface area contributed by atoms with Crippen molar-refractivity contribution < 1.29 is 0 Å². The molecule has 0 bridgehead atoms. The molecule has 0 saturated carbocycles. The number of nitrogens with zero attached hydrogens (tertiary/aromatic N) is 3. The zero-order valence-corrected chi connectivity index (χ0v) is 18.0. The van der Waals surface area contributed by atoms with Crippen LogP contribution in [0.4, 0.5) is 0 Å². The molecule has 0 fully saturated rings. The Morgan fingerprint density at radius 3 is 2.00 bits per heavy atom. The van der Waals surface area contributed by atoms with E-state index in [0.29, 0.717) is 12.1 Å². The van der Waals surface area contributed by atoms with Gasteiger partial charge >= 0.3 is 0 Å². The Morgan fingerprint density at radius 1 is 1.00 bits per heavy atom. The number of rotatable bonds is 10. The molecule has 0 aromatic carbocycles. The van der Waals surface area contributed by atoms with Gasteiger partial charge in [-0.2, -0.15) is 0 Å². The van der Waals surface area contributed by atoms with Gasteiger partial charge in [0, 0.05) is 45.3 Å². The minimum absolute atomic E-state index is 0. The van der Waals surface area contributed by atoms with Gasteiger partial charge in [0.2, 0.25) is 0 Å². The molecule has 6 heteroatoms. The summed E-state index contributed by atoms with van der Waals surface area (Å²) < 4.78 is 0. The molecule has 134 valence electrons. The quantitative estimate of drug-likeness (QED) is 0.243. The molecule has 0 aromatic heterocycles. The number of nitrogens with one attached hydrogen (secondary N) is 2. The molecule has 0 unspecified atom stereocenters. The third-order valence-corrected chi connectivity index (χ3v) is 3.76. The first-order valence-electron chi connectivity index (χ1n) is 8.31. The van der Waals surface area contributed by atoms with Gasteiger partial charge in [0.1, 0.15) is 0 Å². The monoisotopic (exact) mass is 427 g/mol. The first-order valence-corrected chi connectivity index (χ1v) is 8.31. The van der Waals surface area contributed by atoms with E-state index in [2.05, 4.69) is 67.1 Å². The van der Waals surface area contributed by atoms with E-state index in [0.717, 1.165) is 45.1 Å². The molecule has 0 spiro atoms. The summed E-state index contributed by atoms with van der Waals surface area (Å²) in [7, 11) is 3.96. The van der Waals surface area contributed by atoms with Crippen LogP contribution in [-0.2, 0) is 0 Å². The van der Waals surface area contributed by atoms with Crippen LogP contribution >= 0.6 is 24.0 Å². The van der Waals surface area contributed by atoms with Gasteiger partial charge in [-0.05, 0) is 47.7 Å². The Balaban J connectivity index is 0. The van der Waals surface area contributed by atoms with Crippen molar-refractivity contribution in [2.75, 3.05) is 46.8 Å². The predicted octanol–water partition coefficient (Wildman–Crippen LogP) is 2.23. The SMILES string of the molecule is CCN(C)CCNC(=NC)NCCCN(C(C)C)C(C)C.I. The van der Waals surface area contributed by atoms with Crippen LogP contribution in [0.3, 0.4) is 0 Å². The van der Waals surface area contributed by atoms with E-state index in [4.69, 9.17) is 0 Å². The van der Waals surface area contributed by atoms with Crippen LogP contribution in [0.15, 0.2) is 4.99 Å². The lowest BCUT2D eigenvalue weighted by molar-refractivity contribution is 0.173. The van der Waals surface area contributed by atoms with E-state index in [9.17, 15) is 0 Å². The molecular formula is C16H38IN5. The van der Waals surface area contributed by atoms with Gasteiger partial charge in [-0.15, -0.1) is 24.0 Å². The van der Waals surface area contributed by atoms with E-state index in [1.54, 1.807) is 0 Å². The van der Waals surface area contributed by atoms with E-state index in [1.807, 2.05) is 7.05 Å². The Morgan fingerprint density at radius 2 is 1.55 bits per heavy atom. The van der Waals surface area contributed by atoms with E-state index in [-0.39, 0.29) is 24.0 Å². The molecule has 0 atom stereocenters. The molecule has 0 aliphatic carbocycles. The fraction of sp³-hybridized carbons (Fsp3) is 0.938. The third-order valence-electron chi connectivity index (χ3n) is 3.76. The molecule has 0 amide bonds. The molecule has 5 nitrogen and oxygen atoms in total. The number of guanidine groups is 1. The van der Waals surface area contributed by atoms with Gasteiger partial charge in [0.15, 0.2) is 5.96 Å². The highest BCUT2D eigenvalue weighted by atomic mass is 127. The topological polar surface area (TPSA) is 42.9 Å². The summed E-state index contributed by atoms with van der Waals surface area (Å²) in [6.07, 6.45) is 1.13. The second kappa shape index (κ2) is 14.5. The van der Waals surface area contributed by atoms with Crippen molar-refractivity contribution in [3.8, 4) is 0 Å². The number of aliphatic imine (C=N–C) groups is 1. The Hall–Kier alpha value is -0.0800. The first kappa shape index (κ1) is 24.2. The van der Waals surface area contributed by atoms with Gasteiger partial charge in [0.25, 0.3) is 0 Å². The lowest BCUT2D eigenvalue weighted by atomic mass is 10.2. The Kier molecular flexibility index (Phi) is 15.9. The molecule has 0 rings (SSSR count). The maximum atomic E-state index is 4.26. The third kappa shape index (κ3) is 11.5. The van der Waals surface area contributed by atoms with Gasteiger partial charge in [-0.25, -0.2) is 0 Å². The van der Waals surface area contributed by atoms with Crippen molar-refractivity contribution in [1.82, 2.24) is 20.4 Å². The molecule has 2 N–H and O–H groups in total. The summed E-state index contributed by atoms with van der Waals surface area (Å²) in [4.78, 5) is 9.06. The van der Waals surface area contributed by atoms with E-state index in [1.165, 1.54) is 0 Å². The largest absolute Gasteiger partial charge is 0.356 e. The van der Waals surface area contributed by atoms with Crippen LogP contribution in [0.5, 0.6) is 0 Å².